The third-order valence-corrected chi connectivity index (χ3v) is 5.57. The van der Waals surface area contributed by atoms with Crippen LogP contribution in [0.4, 0.5) is 0 Å². The first-order valence-corrected chi connectivity index (χ1v) is 10.3. The summed E-state index contributed by atoms with van der Waals surface area (Å²) < 4.78 is 28.3. The molecule has 3 rings (SSSR count). The van der Waals surface area contributed by atoms with Gasteiger partial charge < -0.3 is 4.74 Å². The molecule has 2 aromatic rings. The van der Waals surface area contributed by atoms with E-state index >= 15 is 0 Å². The van der Waals surface area contributed by atoms with Crippen LogP contribution in [0, 0.1) is 0 Å². The van der Waals surface area contributed by atoms with Crippen LogP contribution < -0.4 is 4.74 Å². The molecule has 0 spiro atoms. The van der Waals surface area contributed by atoms with Gasteiger partial charge in [0, 0.05) is 17.2 Å². The van der Waals surface area contributed by atoms with E-state index in [1.807, 2.05) is 24.3 Å². The summed E-state index contributed by atoms with van der Waals surface area (Å²) in [7, 11) is 1.65. The molecule has 0 aliphatic carbocycles. The quantitative estimate of drug-likeness (QED) is 0.731. The lowest BCUT2D eigenvalue weighted by Crippen LogP contribution is -2.25. The van der Waals surface area contributed by atoms with Crippen molar-refractivity contribution in [3.63, 3.8) is 0 Å². The Morgan fingerprint density at radius 1 is 0.917 bits per heavy atom. The fourth-order valence-corrected chi connectivity index (χ4v) is 3.62. The second-order valence-electron chi connectivity index (χ2n) is 5.88. The molecule has 0 bridgehead atoms. The zero-order chi connectivity index (χ0) is 17.0. The lowest BCUT2D eigenvalue weighted by atomic mass is 10.1. The molecule has 128 valence electrons. The second-order valence-corrected chi connectivity index (χ2v) is 8.45. The summed E-state index contributed by atoms with van der Waals surface area (Å²) in [4.78, 5) is 2.52. The number of nitrogens with zero attached hydrogens (tertiary/aromatic N) is 1. The monoisotopic (exact) mass is 365 g/mol. The highest BCUT2D eigenvalue weighted by Gasteiger charge is 2.11. The van der Waals surface area contributed by atoms with Gasteiger partial charge in [0.05, 0.1) is 4.90 Å². The van der Waals surface area contributed by atoms with Gasteiger partial charge in [-0.25, -0.2) is 8.42 Å². The third-order valence-electron chi connectivity index (χ3n) is 4.20. The molecule has 0 saturated carbocycles. The van der Waals surface area contributed by atoms with E-state index in [2.05, 4.69) is 4.90 Å². The highest BCUT2D eigenvalue weighted by atomic mass is 35.7. The summed E-state index contributed by atoms with van der Waals surface area (Å²) in [6.45, 7) is 4.02. The van der Waals surface area contributed by atoms with Gasteiger partial charge in [-0.15, -0.1) is 0 Å². The molecule has 0 amide bonds. The van der Waals surface area contributed by atoms with E-state index in [0.717, 1.165) is 23.4 Å². The Balaban J connectivity index is 1.59. The Kier molecular flexibility index (Phi) is 5.43. The maximum Gasteiger partial charge on any atom is 0.261 e. The molecular formula is C18H20ClNO3S. The van der Waals surface area contributed by atoms with Gasteiger partial charge in [0.1, 0.15) is 12.4 Å². The number of ether oxygens (including phenoxy) is 1. The molecule has 0 radical (unpaired) electrons. The Hall–Kier alpha value is -1.56. The van der Waals surface area contributed by atoms with E-state index in [4.69, 9.17) is 15.4 Å². The van der Waals surface area contributed by atoms with E-state index in [9.17, 15) is 8.42 Å². The Bertz CT molecular complexity index is 767. The van der Waals surface area contributed by atoms with Crippen molar-refractivity contribution < 1.29 is 13.2 Å². The van der Waals surface area contributed by atoms with Crippen molar-refractivity contribution in [2.45, 2.75) is 17.7 Å². The van der Waals surface area contributed by atoms with Gasteiger partial charge in [-0.2, -0.15) is 0 Å². The van der Waals surface area contributed by atoms with Crippen LogP contribution in [0.1, 0.15) is 12.8 Å². The Labute approximate surface area is 147 Å². The molecule has 2 aromatic carbocycles. The zero-order valence-electron chi connectivity index (χ0n) is 13.3. The molecule has 1 fully saturated rings. The van der Waals surface area contributed by atoms with Gasteiger partial charge in [0.2, 0.25) is 0 Å². The van der Waals surface area contributed by atoms with Crippen LogP contribution in [0.25, 0.3) is 11.1 Å². The summed E-state index contributed by atoms with van der Waals surface area (Å²) in [5.74, 6) is 0.845. The minimum Gasteiger partial charge on any atom is -0.492 e. The zero-order valence-corrected chi connectivity index (χ0v) is 14.9. The van der Waals surface area contributed by atoms with E-state index < -0.39 is 9.05 Å². The second kappa shape index (κ2) is 7.55. The summed E-state index contributed by atoms with van der Waals surface area (Å²) in [5.41, 5.74) is 1.93. The van der Waals surface area contributed by atoms with Crippen molar-refractivity contribution in [3.05, 3.63) is 48.5 Å². The minimum absolute atomic E-state index is 0.106. The number of hydrogen-bond acceptors (Lipinski definition) is 4. The van der Waals surface area contributed by atoms with Gasteiger partial charge >= 0.3 is 0 Å². The number of likely N-dealkylation sites (tertiary alicyclic amines) is 1. The molecule has 1 aliphatic rings. The molecule has 4 nitrogen and oxygen atoms in total. The van der Waals surface area contributed by atoms with Crippen LogP contribution in [-0.4, -0.2) is 39.6 Å². The van der Waals surface area contributed by atoms with Crippen molar-refractivity contribution in [2.75, 3.05) is 26.2 Å². The van der Waals surface area contributed by atoms with Crippen LogP contribution >= 0.6 is 10.7 Å². The maximum atomic E-state index is 11.3. The molecule has 24 heavy (non-hydrogen) atoms. The number of hydrogen-bond donors (Lipinski definition) is 0. The van der Waals surface area contributed by atoms with Crippen molar-refractivity contribution in [2.24, 2.45) is 0 Å². The molecule has 1 saturated heterocycles. The molecule has 0 N–H and O–H groups in total. The Morgan fingerprint density at radius 3 is 2.00 bits per heavy atom. The molecule has 0 atom stereocenters. The number of benzene rings is 2. The summed E-state index contributed by atoms with van der Waals surface area (Å²) >= 11 is 0. The van der Waals surface area contributed by atoms with Crippen molar-refractivity contribution in [1.29, 1.82) is 0 Å². The topological polar surface area (TPSA) is 46.6 Å². The molecular weight excluding hydrogens is 346 g/mol. The van der Waals surface area contributed by atoms with Crippen molar-refractivity contribution in [1.82, 2.24) is 4.90 Å². The van der Waals surface area contributed by atoms with Gasteiger partial charge in [0.25, 0.3) is 9.05 Å². The van der Waals surface area contributed by atoms with Crippen molar-refractivity contribution in [3.8, 4) is 16.9 Å². The van der Waals surface area contributed by atoms with Crippen LogP contribution in [0.2, 0.25) is 0 Å². The smallest absolute Gasteiger partial charge is 0.261 e. The van der Waals surface area contributed by atoms with E-state index in [1.165, 1.54) is 38.1 Å². The normalized spacial score (nSPS) is 15.5. The fraction of sp³-hybridized carbons (Fsp3) is 0.333. The van der Waals surface area contributed by atoms with Crippen LogP contribution in [0.5, 0.6) is 5.75 Å². The number of halogens is 1. The highest BCUT2D eigenvalue weighted by Crippen LogP contribution is 2.25. The van der Waals surface area contributed by atoms with Crippen LogP contribution in [0.15, 0.2) is 53.4 Å². The average molecular weight is 366 g/mol. The fourth-order valence-electron chi connectivity index (χ4n) is 2.85. The van der Waals surface area contributed by atoms with Crippen LogP contribution in [-0.2, 0) is 9.05 Å². The van der Waals surface area contributed by atoms with E-state index in [-0.39, 0.29) is 4.90 Å². The maximum absolute atomic E-state index is 11.3. The first-order chi connectivity index (χ1) is 11.5. The number of rotatable bonds is 6. The van der Waals surface area contributed by atoms with Crippen molar-refractivity contribution >= 4 is 19.7 Å². The largest absolute Gasteiger partial charge is 0.492 e. The van der Waals surface area contributed by atoms with Gasteiger partial charge in [-0.3, -0.25) is 4.90 Å². The SMILES string of the molecule is O=S(=O)(Cl)c1ccc(-c2ccc(OCCN3CCCC3)cc2)cc1. The van der Waals surface area contributed by atoms with Gasteiger partial charge in [-0.1, -0.05) is 24.3 Å². The first kappa shape index (κ1) is 17.3. The van der Waals surface area contributed by atoms with Gasteiger partial charge in [-0.05, 0) is 61.3 Å². The Morgan fingerprint density at radius 2 is 1.46 bits per heavy atom. The minimum atomic E-state index is -3.68. The first-order valence-electron chi connectivity index (χ1n) is 8.03. The predicted molar refractivity (Wildman–Crippen MR) is 96.1 cm³/mol. The summed E-state index contributed by atoms with van der Waals surface area (Å²) in [6, 6.07) is 14.3. The summed E-state index contributed by atoms with van der Waals surface area (Å²) in [6.07, 6.45) is 2.58. The molecule has 6 heteroatoms. The standard InChI is InChI=1S/C18H20ClNO3S/c19-24(21,22)18-9-5-16(6-10-18)15-3-7-17(8-4-15)23-14-13-20-11-1-2-12-20/h3-10H,1-2,11-14H2. The lowest BCUT2D eigenvalue weighted by Gasteiger charge is -2.15. The third kappa shape index (κ3) is 4.50. The molecule has 0 unspecified atom stereocenters. The summed E-state index contributed by atoms with van der Waals surface area (Å²) in [5, 5.41) is 0. The lowest BCUT2D eigenvalue weighted by molar-refractivity contribution is 0.238. The molecule has 1 heterocycles. The van der Waals surface area contributed by atoms with Gasteiger partial charge in [0.15, 0.2) is 0 Å². The molecule has 0 aromatic heterocycles. The van der Waals surface area contributed by atoms with E-state index in [0.29, 0.717) is 6.61 Å². The predicted octanol–water partition coefficient (Wildman–Crippen LogP) is 3.76. The average Bonchev–Trinajstić information content (AvgIpc) is 3.08. The van der Waals surface area contributed by atoms with Crippen LogP contribution in [0.3, 0.4) is 0 Å². The van der Waals surface area contributed by atoms with E-state index in [1.54, 1.807) is 12.1 Å². The highest BCUT2D eigenvalue weighted by molar-refractivity contribution is 8.13. The molecule has 1 aliphatic heterocycles.